The maximum absolute atomic E-state index is 5.40. The van der Waals surface area contributed by atoms with Crippen LogP contribution in [0, 0.1) is 6.58 Å². The molecular weight excluding hydrogens is 158 g/mol. The van der Waals surface area contributed by atoms with Crippen LogP contribution in [0.4, 0.5) is 0 Å². The molecule has 0 aliphatic carbocycles. The summed E-state index contributed by atoms with van der Waals surface area (Å²) in [6, 6.07) is 8.19. The van der Waals surface area contributed by atoms with Crippen LogP contribution in [0.1, 0.15) is 5.56 Å². The average molecular weight is 168 g/mol. The summed E-state index contributed by atoms with van der Waals surface area (Å²) in [5.41, 5.74) is 1.18. The van der Waals surface area contributed by atoms with Gasteiger partial charge in [-0.15, -0.1) is 0 Å². The molecule has 0 unspecified atom stereocenters. The van der Waals surface area contributed by atoms with Gasteiger partial charge in [0.1, 0.15) is 0 Å². The Kier molecular flexibility index (Phi) is 2.09. The van der Waals surface area contributed by atoms with Gasteiger partial charge in [0, 0.05) is 17.8 Å². The van der Waals surface area contributed by atoms with Crippen molar-refractivity contribution in [3.05, 3.63) is 54.9 Å². The van der Waals surface area contributed by atoms with Gasteiger partial charge in [0.15, 0.2) is 0 Å². The molecule has 0 spiro atoms. The fourth-order valence-electron chi connectivity index (χ4n) is 1.47. The van der Waals surface area contributed by atoms with Gasteiger partial charge in [-0.25, -0.2) is 0 Å². The molecule has 0 amide bonds. The number of nitrogens with zero attached hydrogens (tertiary/aromatic N) is 1. The van der Waals surface area contributed by atoms with E-state index in [4.69, 9.17) is 6.58 Å². The molecule has 1 radical (unpaired) electrons. The molecule has 0 atom stereocenters. The smallest absolute Gasteiger partial charge is 0.0346 e. The molecule has 2 rings (SSSR count). The number of allylic oxidation sites excluding steroid dienone is 1. The Morgan fingerprint density at radius 3 is 2.92 bits per heavy atom. The molecular formula is C12H10N. The zero-order valence-electron chi connectivity index (χ0n) is 7.27. The Bertz CT molecular complexity index is 427. The molecule has 0 saturated carbocycles. The van der Waals surface area contributed by atoms with Crippen molar-refractivity contribution < 1.29 is 0 Å². The van der Waals surface area contributed by atoms with Crippen molar-refractivity contribution in [3.8, 4) is 0 Å². The van der Waals surface area contributed by atoms with E-state index < -0.39 is 0 Å². The number of rotatable bonds is 2. The second kappa shape index (κ2) is 3.40. The van der Waals surface area contributed by atoms with Crippen molar-refractivity contribution in [3.63, 3.8) is 0 Å². The first kappa shape index (κ1) is 7.99. The Morgan fingerprint density at radius 2 is 2.08 bits per heavy atom. The lowest BCUT2D eigenvalue weighted by atomic mass is 10.1. The van der Waals surface area contributed by atoms with Gasteiger partial charge in [-0.2, -0.15) is 0 Å². The lowest BCUT2D eigenvalue weighted by Gasteiger charge is -2.01. The molecule has 63 valence electrons. The summed E-state index contributed by atoms with van der Waals surface area (Å²) in [6.45, 7) is 5.40. The van der Waals surface area contributed by atoms with Crippen LogP contribution in [0.25, 0.3) is 10.8 Å². The molecule has 13 heavy (non-hydrogen) atoms. The van der Waals surface area contributed by atoms with Crippen molar-refractivity contribution in [2.24, 2.45) is 0 Å². The molecule has 0 bridgehead atoms. The highest BCUT2D eigenvalue weighted by Crippen LogP contribution is 2.17. The molecule has 1 heteroatoms. The van der Waals surface area contributed by atoms with Crippen LogP contribution in [-0.2, 0) is 6.42 Å². The zero-order valence-corrected chi connectivity index (χ0v) is 7.27. The largest absolute Gasteiger partial charge is 0.264 e. The summed E-state index contributed by atoms with van der Waals surface area (Å²) >= 11 is 0. The fraction of sp³-hybridized carbons (Fsp3) is 0.0833. The third kappa shape index (κ3) is 1.45. The molecule has 0 aliphatic heterocycles. The van der Waals surface area contributed by atoms with E-state index in [0.717, 1.165) is 6.42 Å². The number of pyridine rings is 1. The lowest BCUT2D eigenvalue weighted by Crippen LogP contribution is -1.85. The zero-order chi connectivity index (χ0) is 9.10. The molecule has 1 aromatic carbocycles. The average Bonchev–Trinajstić information content (AvgIpc) is 2.19. The Labute approximate surface area is 77.7 Å². The maximum Gasteiger partial charge on any atom is 0.0346 e. The number of fused-ring (bicyclic) bond motifs is 1. The van der Waals surface area contributed by atoms with Crippen LogP contribution in [-0.4, -0.2) is 4.98 Å². The van der Waals surface area contributed by atoms with Crippen molar-refractivity contribution >= 4 is 10.8 Å². The summed E-state index contributed by atoms with van der Waals surface area (Å²) in [5.74, 6) is 0. The van der Waals surface area contributed by atoms with E-state index in [-0.39, 0.29) is 0 Å². The van der Waals surface area contributed by atoms with E-state index in [0.29, 0.717) is 0 Å². The standard InChI is InChI=1S/C12H10N/c1-2-5-10-8-13-9-11-6-3-4-7-12(10)11/h1-4,6-9H,5H2. The highest BCUT2D eigenvalue weighted by molar-refractivity contribution is 5.84. The van der Waals surface area contributed by atoms with Gasteiger partial charge in [-0.3, -0.25) is 4.98 Å². The number of aromatic nitrogens is 1. The number of hydrogen-bond donors (Lipinski definition) is 0. The second-order valence-electron chi connectivity index (χ2n) is 2.96. The third-order valence-electron chi connectivity index (χ3n) is 2.09. The first-order valence-corrected chi connectivity index (χ1v) is 4.27. The van der Waals surface area contributed by atoms with Crippen molar-refractivity contribution in [2.75, 3.05) is 0 Å². The quantitative estimate of drug-likeness (QED) is 0.672. The Balaban J connectivity index is 2.68. The normalized spacial score (nSPS) is 10.2. The molecule has 1 aromatic heterocycles. The predicted octanol–water partition coefficient (Wildman–Crippen LogP) is 2.77. The van der Waals surface area contributed by atoms with Crippen molar-refractivity contribution in [1.82, 2.24) is 4.98 Å². The van der Waals surface area contributed by atoms with Gasteiger partial charge in [-0.1, -0.05) is 36.9 Å². The molecule has 0 N–H and O–H groups in total. The minimum atomic E-state index is 0.772. The SMILES string of the molecule is [CH]=CCc1cncc2ccccc12. The molecule has 1 nitrogen and oxygen atoms in total. The molecule has 0 saturated heterocycles. The summed E-state index contributed by atoms with van der Waals surface area (Å²) in [6.07, 6.45) is 6.17. The van der Waals surface area contributed by atoms with Crippen LogP contribution < -0.4 is 0 Å². The highest BCUT2D eigenvalue weighted by Gasteiger charge is 1.97. The summed E-state index contributed by atoms with van der Waals surface area (Å²) in [5, 5.41) is 2.40. The van der Waals surface area contributed by atoms with Gasteiger partial charge in [-0.05, 0) is 17.4 Å². The minimum absolute atomic E-state index is 0.772. The lowest BCUT2D eigenvalue weighted by molar-refractivity contribution is 1.23. The third-order valence-corrected chi connectivity index (χ3v) is 2.09. The molecule has 2 aromatic rings. The molecule has 0 fully saturated rings. The van der Waals surface area contributed by atoms with Crippen molar-refractivity contribution in [1.29, 1.82) is 0 Å². The van der Waals surface area contributed by atoms with E-state index in [1.54, 1.807) is 6.08 Å². The Hall–Kier alpha value is -1.63. The second-order valence-corrected chi connectivity index (χ2v) is 2.96. The topological polar surface area (TPSA) is 12.9 Å². The first-order chi connectivity index (χ1) is 6.42. The summed E-state index contributed by atoms with van der Waals surface area (Å²) in [7, 11) is 0. The van der Waals surface area contributed by atoms with Gasteiger partial charge in [0.25, 0.3) is 0 Å². The number of benzene rings is 1. The van der Waals surface area contributed by atoms with E-state index in [2.05, 4.69) is 17.1 Å². The van der Waals surface area contributed by atoms with Crippen LogP contribution in [0.5, 0.6) is 0 Å². The van der Waals surface area contributed by atoms with E-state index in [9.17, 15) is 0 Å². The summed E-state index contributed by atoms with van der Waals surface area (Å²) < 4.78 is 0. The van der Waals surface area contributed by atoms with Crippen molar-refractivity contribution in [2.45, 2.75) is 6.42 Å². The minimum Gasteiger partial charge on any atom is -0.264 e. The van der Waals surface area contributed by atoms with E-state index >= 15 is 0 Å². The summed E-state index contributed by atoms with van der Waals surface area (Å²) in [4.78, 5) is 4.16. The van der Waals surface area contributed by atoms with Gasteiger partial charge in [0.2, 0.25) is 0 Å². The predicted molar refractivity (Wildman–Crippen MR) is 54.3 cm³/mol. The van der Waals surface area contributed by atoms with E-state index in [1.807, 2.05) is 24.5 Å². The molecule has 0 aliphatic rings. The van der Waals surface area contributed by atoms with E-state index in [1.165, 1.54) is 16.3 Å². The number of hydrogen-bond acceptors (Lipinski definition) is 1. The van der Waals surface area contributed by atoms with Gasteiger partial charge < -0.3 is 0 Å². The van der Waals surface area contributed by atoms with Crippen LogP contribution in [0.3, 0.4) is 0 Å². The molecule has 1 heterocycles. The fourth-order valence-corrected chi connectivity index (χ4v) is 1.47. The maximum atomic E-state index is 5.40. The van der Waals surface area contributed by atoms with Gasteiger partial charge in [0.05, 0.1) is 0 Å². The van der Waals surface area contributed by atoms with Gasteiger partial charge >= 0.3 is 0 Å². The van der Waals surface area contributed by atoms with Crippen LogP contribution in [0.2, 0.25) is 0 Å². The Morgan fingerprint density at radius 1 is 1.23 bits per heavy atom. The van der Waals surface area contributed by atoms with Crippen LogP contribution >= 0.6 is 0 Å². The van der Waals surface area contributed by atoms with Crippen LogP contribution in [0.15, 0.2) is 42.7 Å². The first-order valence-electron chi connectivity index (χ1n) is 4.27. The highest BCUT2D eigenvalue weighted by atomic mass is 14.6. The monoisotopic (exact) mass is 168 g/mol.